The predicted octanol–water partition coefficient (Wildman–Crippen LogP) is 2.01. The number of non-ortho nitro benzene ring substituents is 1. The molecule has 152 valence electrons. The van der Waals surface area contributed by atoms with Gasteiger partial charge in [-0.1, -0.05) is 0 Å². The van der Waals surface area contributed by atoms with Gasteiger partial charge in [-0.3, -0.25) is 14.9 Å². The number of carbonyl (C=O) groups is 2. The van der Waals surface area contributed by atoms with Crippen LogP contribution in [0.5, 0.6) is 0 Å². The molecular weight excluding hydrogens is 378 g/mol. The fourth-order valence-corrected chi connectivity index (χ4v) is 3.06. The molecule has 1 aliphatic heterocycles. The van der Waals surface area contributed by atoms with Gasteiger partial charge in [0.2, 0.25) is 0 Å². The normalized spacial score (nSPS) is 12.7. The summed E-state index contributed by atoms with van der Waals surface area (Å²) in [5, 5.41) is 28.5. The fourth-order valence-electron chi connectivity index (χ4n) is 3.06. The van der Waals surface area contributed by atoms with Crippen molar-refractivity contribution in [2.45, 2.75) is 25.7 Å². The van der Waals surface area contributed by atoms with E-state index in [0.717, 1.165) is 32.0 Å². The maximum atomic E-state index is 12.6. The van der Waals surface area contributed by atoms with E-state index in [-0.39, 0.29) is 37.2 Å². The highest BCUT2D eigenvalue weighted by Crippen LogP contribution is 2.29. The lowest BCUT2D eigenvalue weighted by Crippen LogP contribution is -2.36. The second-order valence-corrected chi connectivity index (χ2v) is 6.43. The van der Waals surface area contributed by atoms with Crippen LogP contribution in [0.1, 0.15) is 36.0 Å². The average molecular weight is 399 g/mol. The summed E-state index contributed by atoms with van der Waals surface area (Å²) in [6, 6.07) is 7.86. The van der Waals surface area contributed by atoms with Crippen molar-refractivity contribution in [1.82, 2.24) is 4.90 Å². The number of nitriles is 2. The molecule has 0 atom stereocenters. The minimum Gasteiger partial charge on any atom is -0.452 e. The third-order valence-corrected chi connectivity index (χ3v) is 4.52. The number of nitro benzene ring substituents is 1. The van der Waals surface area contributed by atoms with Crippen LogP contribution in [-0.4, -0.2) is 54.5 Å². The number of carbonyl (C=O) groups excluding carboxylic acids is 2. The first-order valence-electron chi connectivity index (χ1n) is 9.20. The zero-order valence-corrected chi connectivity index (χ0v) is 15.9. The molecular formula is C19H21N5O5. The van der Waals surface area contributed by atoms with Gasteiger partial charge in [-0.15, -0.1) is 0 Å². The molecule has 1 heterocycles. The van der Waals surface area contributed by atoms with Crippen LogP contribution in [0.15, 0.2) is 18.2 Å². The second-order valence-electron chi connectivity index (χ2n) is 6.43. The van der Waals surface area contributed by atoms with Gasteiger partial charge < -0.3 is 14.5 Å². The van der Waals surface area contributed by atoms with Crippen LogP contribution in [0.25, 0.3) is 0 Å². The third-order valence-electron chi connectivity index (χ3n) is 4.52. The fraction of sp³-hybridized carbons (Fsp3) is 0.474. The molecule has 1 aromatic carbocycles. The minimum atomic E-state index is -0.829. The number of ether oxygens (including phenoxy) is 1. The van der Waals surface area contributed by atoms with Crippen LogP contribution < -0.4 is 4.90 Å². The van der Waals surface area contributed by atoms with Crippen molar-refractivity contribution in [1.29, 1.82) is 10.5 Å². The van der Waals surface area contributed by atoms with E-state index in [4.69, 9.17) is 15.3 Å². The van der Waals surface area contributed by atoms with Gasteiger partial charge in [0.25, 0.3) is 11.6 Å². The van der Waals surface area contributed by atoms with Crippen LogP contribution >= 0.6 is 0 Å². The molecule has 1 aliphatic rings. The van der Waals surface area contributed by atoms with Crippen molar-refractivity contribution >= 4 is 23.3 Å². The van der Waals surface area contributed by atoms with Gasteiger partial charge in [-0.25, -0.2) is 4.79 Å². The quantitative estimate of drug-likeness (QED) is 0.349. The standard InChI is InChI=1S/C19H21N5O5/c20-7-3-11-23(12-4-8-21)18(25)14-29-19(26)16-13-15(24(27)28)5-6-17(16)22-9-1-2-10-22/h5-6,13H,1-4,9-12,14H2. The number of benzene rings is 1. The number of anilines is 1. The van der Waals surface area contributed by atoms with Crippen molar-refractivity contribution in [3.8, 4) is 12.1 Å². The Morgan fingerprint density at radius 3 is 2.34 bits per heavy atom. The van der Waals surface area contributed by atoms with Gasteiger partial charge in [0.15, 0.2) is 6.61 Å². The van der Waals surface area contributed by atoms with Gasteiger partial charge in [0.05, 0.1) is 41.2 Å². The molecule has 0 saturated carbocycles. The number of esters is 1. The van der Waals surface area contributed by atoms with Gasteiger partial charge >= 0.3 is 5.97 Å². The highest BCUT2D eigenvalue weighted by Gasteiger charge is 2.24. The Hall–Kier alpha value is -3.66. The average Bonchev–Trinajstić information content (AvgIpc) is 3.26. The summed E-state index contributed by atoms with van der Waals surface area (Å²) in [4.78, 5) is 38.7. The molecule has 10 heteroatoms. The van der Waals surface area contributed by atoms with E-state index in [1.165, 1.54) is 17.0 Å². The van der Waals surface area contributed by atoms with Gasteiger partial charge in [0, 0.05) is 38.3 Å². The summed E-state index contributed by atoms with van der Waals surface area (Å²) in [6.07, 6.45) is 2.09. The summed E-state index contributed by atoms with van der Waals surface area (Å²) < 4.78 is 5.12. The smallest absolute Gasteiger partial charge is 0.341 e. The Morgan fingerprint density at radius 2 is 1.79 bits per heavy atom. The minimum absolute atomic E-state index is 0.0366. The molecule has 0 unspecified atom stereocenters. The summed E-state index contributed by atoms with van der Waals surface area (Å²) >= 11 is 0. The molecule has 2 rings (SSSR count). The van der Waals surface area contributed by atoms with E-state index in [0.29, 0.717) is 5.69 Å². The van der Waals surface area contributed by atoms with E-state index < -0.39 is 23.4 Å². The summed E-state index contributed by atoms with van der Waals surface area (Å²) in [5.41, 5.74) is 0.335. The first-order chi connectivity index (χ1) is 14.0. The Labute approximate surface area is 168 Å². The number of nitro groups is 1. The van der Waals surface area contributed by atoms with Gasteiger partial charge in [0.1, 0.15) is 0 Å². The van der Waals surface area contributed by atoms with Crippen molar-refractivity contribution in [2.24, 2.45) is 0 Å². The molecule has 0 aliphatic carbocycles. The van der Waals surface area contributed by atoms with E-state index in [9.17, 15) is 19.7 Å². The van der Waals surface area contributed by atoms with E-state index >= 15 is 0 Å². The number of rotatable bonds is 9. The third kappa shape index (κ3) is 5.91. The van der Waals surface area contributed by atoms with Crippen molar-refractivity contribution in [2.75, 3.05) is 37.7 Å². The molecule has 0 N–H and O–H groups in total. The molecule has 0 radical (unpaired) electrons. The lowest BCUT2D eigenvalue weighted by Gasteiger charge is -2.22. The Morgan fingerprint density at radius 1 is 1.17 bits per heavy atom. The molecule has 0 aromatic heterocycles. The first-order valence-corrected chi connectivity index (χ1v) is 9.20. The molecule has 1 amide bonds. The van der Waals surface area contributed by atoms with Crippen molar-refractivity contribution in [3.05, 3.63) is 33.9 Å². The van der Waals surface area contributed by atoms with E-state index in [2.05, 4.69) is 0 Å². The summed E-state index contributed by atoms with van der Waals surface area (Å²) in [5.74, 6) is -1.36. The number of hydrogen-bond donors (Lipinski definition) is 0. The Kier molecular flexibility index (Phi) is 7.92. The zero-order valence-electron chi connectivity index (χ0n) is 15.9. The highest BCUT2D eigenvalue weighted by molar-refractivity contribution is 5.97. The molecule has 1 saturated heterocycles. The summed E-state index contributed by atoms with van der Waals surface area (Å²) in [6.45, 7) is 1.15. The molecule has 1 aromatic rings. The summed E-state index contributed by atoms with van der Waals surface area (Å²) in [7, 11) is 0. The maximum Gasteiger partial charge on any atom is 0.341 e. The second kappa shape index (κ2) is 10.6. The monoisotopic (exact) mass is 399 g/mol. The van der Waals surface area contributed by atoms with Crippen LogP contribution in [0.3, 0.4) is 0 Å². The molecule has 10 nitrogen and oxygen atoms in total. The van der Waals surface area contributed by atoms with Crippen LogP contribution in [-0.2, 0) is 9.53 Å². The van der Waals surface area contributed by atoms with Crippen LogP contribution in [0.2, 0.25) is 0 Å². The molecule has 0 bridgehead atoms. The zero-order chi connectivity index (χ0) is 21.2. The van der Waals surface area contributed by atoms with Crippen molar-refractivity contribution < 1.29 is 19.2 Å². The molecule has 1 fully saturated rings. The van der Waals surface area contributed by atoms with E-state index in [1.807, 2.05) is 17.0 Å². The molecule has 29 heavy (non-hydrogen) atoms. The highest BCUT2D eigenvalue weighted by atomic mass is 16.6. The van der Waals surface area contributed by atoms with Gasteiger partial charge in [-0.2, -0.15) is 10.5 Å². The maximum absolute atomic E-state index is 12.6. The lowest BCUT2D eigenvalue weighted by molar-refractivity contribution is -0.384. The molecule has 0 spiro atoms. The van der Waals surface area contributed by atoms with Crippen molar-refractivity contribution in [3.63, 3.8) is 0 Å². The van der Waals surface area contributed by atoms with E-state index in [1.54, 1.807) is 0 Å². The Balaban J connectivity index is 2.13. The largest absolute Gasteiger partial charge is 0.452 e. The topological polar surface area (TPSA) is 141 Å². The Bertz CT molecular complexity index is 834. The lowest BCUT2D eigenvalue weighted by atomic mass is 10.1. The van der Waals surface area contributed by atoms with Crippen LogP contribution in [0.4, 0.5) is 11.4 Å². The predicted molar refractivity (Wildman–Crippen MR) is 102 cm³/mol. The number of nitrogens with zero attached hydrogens (tertiary/aromatic N) is 5. The van der Waals surface area contributed by atoms with Crippen LogP contribution in [0, 0.1) is 32.8 Å². The van der Waals surface area contributed by atoms with Gasteiger partial charge in [-0.05, 0) is 18.9 Å². The number of amides is 1. The SMILES string of the molecule is N#CCCN(CCC#N)C(=O)COC(=O)c1cc([N+](=O)[O-])ccc1N1CCCC1. The first kappa shape index (κ1) is 21.6. The number of hydrogen-bond acceptors (Lipinski definition) is 8.